The molecular weight excluding hydrogens is 270 g/mol. The second kappa shape index (κ2) is 6.03. The predicted octanol–water partition coefficient (Wildman–Crippen LogP) is 1.18. The molecule has 0 heterocycles. The minimum atomic E-state index is -3.82. The van der Waals surface area contributed by atoms with Gasteiger partial charge >= 0.3 is 5.97 Å². The number of ether oxygens (including phenoxy) is 1. The Hall–Kier alpha value is -1.60. The maximum Gasteiger partial charge on any atom is 0.321 e. The van der Waals surface area contributed by atoms with Crippen molar-refractivity contribution in [3.63, 3.8) is 0 Å². The third kappa shape index (κ3) is 3.45. The number of sulfonamides is 1. The molecule has 0 aliphatic carbocycles. The molecule has 0 saturated carbocycles. The van der Waals surface area contributed by atoms with Gasteiger partial charge in [0.15, 0.2) is 0 Å². The first-order valence-electron chi connectivity index (χ1n) is 5.74. The van der Waals surface area contributed by atoms with Crippen LogP contribution in [0.15, 0.2) is 29.2 Å². The quantitative estimate of drug-likeness (QED) is 0.849. The Bertz CT molecular complexity index is 538. The van der Waals surface area contributed by atoms with Crippen LogP contribution in [0.1, 0.15) is 13.8 Å². The molecule has 0 aliphatic rings. The highest BCUT2D eigenvalue weighted by atomic mass is 32.2. The zero-order chi connectivity index (χ0) is 14.6. The lowest BCUT2D eigenvalue weighted by atomic mass is 10.3. The minimum absolute atomic E-state index is 0.0338. The van der Waals surface area contributed by atoms with Gasteiger partial charge < -0.3 is 9.84 Å². The van der Waals surface area contributed by atoms with Gasteiger partial charge in [-0.2, -0.15) is 4.31 Å². The number of hydrogen-bond acceptors (Lipinski definition) is 4. The van der Waals surface area contributed by atoms with Crippen LogP contribution >= 0.6 is 0 Å². The smallest absolute Gasteiger partial charge is 0.321 e. The fourth-order valence-electron chi connectivity index (χ4n) is 1.40. The summed E-state index contributed by atoms with van der Waals surface area (Å²) in [6.45, 7) is 3.63. The van der Waals surface area contributed by atoms with E-state index >= 15 is 0 Å². The second-order valence-corrected chi connectivity index (χ2v) is 5.94. The summed E-state index contributed by atoms with van der Waals surface area (Å²) >= 11 is 0. The first-order chi connectivity index (χ1) is 8.80. The summed E-state index contributed by atoms with van der Waals surface area (Å²) in [6, 6.07) is 4.74. The van der Waals surface area contributed by atoms with Gasteiger partial charge in [-0.3, -0.25) is 4.79 Å². The lowest BCUT2D eigenvalue weighted by Gasteiger charge is -2.21. The number of aliphatic carboxylic acids is 1. The Morgan fingerprint density at radius 2 is 1.89 bits per heavy atom. The molecule has 1 aromatic rings. The van der Waals surface area contributed by atoms with Gasteiger partial charge in [-0.1, -0.05) is 0 Å². The van der Waals surface area contributed by atoms with Crippen molar-refractivity contribution in [3.8, 4) is 5.75 Å². The van der Waals surface area contributed by atoms with Crippen LogP contribution in [0.3, 0.4) is 0 Å². The minimum Gasteiger partial charge on any atom is -0.494 e. The number of carboxylic acid groups (broad SMARTS) is 1. The molecule has 0 bridgehead atoms. The number of rotatable bonds is 6. The highest BCUT2D eigenvalue weighted by Gasteiger charge is 2.29. The van der Waals surface area contributed by atoms with E-state index in [0.717, 1.165) is 4.31 Å². The normalized spacial score (nSPS) is 13.3. The van der Waals surface area contributed by atoms with Gasteiger partial charge in [0.05, 0.1) is 11.5 Å². The molecule has 1 aromatic carbocycles. The molecule has 1 atom stereocenters. The van der Waals surface area contributed by atoms with E-state index in [4.69, 9.17) is 9.84 Å². The van der Waals surface area contributed by atoms with Crippen molar-refractivity contribution in [2.75, 3.05) is 13.7 Å². The highest BCUT2D eigenvalue weighted by Crippen LogP contribution is 2.20. The van der Waals surface area contributed by atoms with E-state index < -0.39 is 22.0 Å². The van der Waals surface area contributed by atoms with Crippen molar-refractivity contribution in [3.05, 3.63) is 24.3 Å². The van der Waals surface area contributed by atoms with Crippen LogP contribution < -0.4 is 4.74 Å². The van der Waals surface area contributed by atoms with Crippen molar-refractivity contribution in [1.29, 1.82) is 0 Å². The summed E-state index contributed by atoms with van der Waals surface area (Å²) in [5, 5.41) is 8.85. The molecule has 1 unspecified atom stereocenters. The summed E-state index contributed by atoms with van der Waals surface area (Å²) in [4.78, 5) is 10.9. The number of nitrogens with zero attached hydrogens (tertiary/aromatic N) is 1. The van der Waals surface area contributed by atoms with Crippen molar-refractivity contribution < 1.29 is 23.1 Å². The molecule has 0 spiro atoms. The predicted molar refractivity (Wildman–Crippen MR) is 69.7 cm³/mol. The zero-order valence-corrected chi connectivity index (χ0v) is 11.8. The fourth-order valence-corrected chi connectivity index (χ4v) is 2.72. The maximum absolute atomic E-state index is 12.2. The first-order valence-corrected chi connectivity index (χ1v) is 7.18. The van der Waals surface area contributed by atoms with Gasteiger partial charge in [0.25, 0.3) is 0 Å². The van der Waals surface area contributed by atoms with Crippen molar-refractivity contribution in [1.82, 2.24) is 4.31 Å². The molecule has 1 rings (SSSR count). The van der Waals surface area contributed by atoms with E-state index in [2.05, 4.69) is 0 Å². The first kappa shape index (κ1) is 15.5. The highest BCUT2D eigenvalue weighted by molar-refractivity contribution is 7.89. The Kier molecular flexibility index (Phi) is 4.90. The Balaban J connectivity index is 3.03. The summed E-state index contributed by atoms with van der Waals surface area (Å²) in [5.41, 5.74) is 0. The third-order valence-electron chi connectivity index (χ3n) is 2.71. The van der Waals surface area contributed by atoms with Gasteiger partial charge in [0.1, 0.15) is 11.8 Å². The summed E-state index contributed by atoms with van der Waals surface area (Å²) in [7, 11) is -2.58. The average Bonchev–Trinajstić information content (AvgIpc) is 2.37. The van der Waals surface area contributed by atoms with Crippen LogP contribution in [0, 0.1) is 0 Å². The topological polar surface area (TPSA) is 83.9 Å². The summed E-state index contributed by atoms with van der Waals surface area (Å²) < 4.78 is 30.4. The van der Waals surface area contributed by atoms with Gasteiger partial charge in [-0.15, -0.1) is 0 Å². The van der Waals surface area contributed by atoms with Crippen LogP contribution in [0.2, 0.25) is 0 Å². The number of hydrogen-bond donors (Lipinski definition) is 1. The molecule has 0 aromatic heterocycles. The molecule has 0 aliphatic heterocycles. The van der Waals surface area contributed by atoms with E-state index in [1.807, 2.05) is 6.92 Å². The summed E-state index contributed by atoms with van der Waals surface area (Å²) in [6.07, 6.45) is 0. The number of likely N-dealkylation sites (N-methyl/N-ethyl adjacent to an activating group) is 1. The lowest BCUT2D eigenvalue weighted by molar-refractivity contribution is -0.140. The second-order valence-electron chi connectivity index (χ2n) is 3.94. The summed E-state index contributed by atoms with van der Waals surface area (Å²) in [5.74, 6) is -0.632. The van der Waals surface area contributed by atoms with Crippen LogP contribution in [0.25, 0.3) is 0 Å². The monoisotopic (exact) mass is 287 g/mol. The maximum atomic E-state index is 12.2. The number of carboxylic acids is 1. The Morgan fingerprint density at radius 1 is 1.37 bits per heavy atom. The Morgan fingerprint density at radius 3 is 2.32 bits per heavy atom. The molecule has 7 heteroatoms. The fraction of sp³-hybridized carbons (Fsp3) is 0.417. The molecule has 1 N–H and O–H groups in total. The molecule has 19 heavy (non-hydrogen) atoms. The van der Waals surface area contributed by atoms with Crippen LogP contribution in [0.5, 0.6) is 5.75 Å². The van der Waals surface area contributed by atoms with E-state index in [-0.39, 0.29) is 4.90 Å². The molecule has 6 nitrogen and oxygen atoms in total. The van der Waals surface area contributed by atoms with Gasteiger partial charge in [0, 0.05) is 7.05 Å². The molecule has 0 saturated heterocycles. The van der Waals surface area contributed by atoms with Crippen molar-refractivity contribution in [2.45, 2.75) is 24.8 Å². The van der Waals surface area contributed by atoms with Crippen molar-refractivity contribution in [2.24, 2.45) is 0 Å². The molecule has 0 fully saturated rings. The van der Waals surface area contributed by atoms with Gasteiger partial charge in [-0.05, 0) is 38.1 Å². The van der Waals surface area contributed by atoms with E-state index in [9.17, 15) is 13.2 Å². The zero-order valence-electron chi connectivity index (χ0n) is 11.0. The standard InChI is InChI=1S/C12H17NO5S/c1-4-18-10-5-7-11(8-6-10)19(16,17)13(3)9(2)12(14)15/h5-9H,4H2,1-3H3,(H,14,15). The average molecular weight is 287 g/mol. The van der Waals surface area contributed by atoms with Crippen LogP contribution in [0.4, 0.5) is 0 Å². The third-order valence-corrected chi connectivity index (χ3v) is 4.66. The molecule has 0 amide bonds. The number of carbonyl (C=O) groups is 1. The Labute approximate surface area is 112 Å². The number of benzene rings is 1. The van der Waals surface area contributed by atoms with Gasteiger partial charge in [0.2, 0.25) is 10.0 Å². The van der Waals surface area contributed by atoms with Crippen LogP contribution in [-0.2, 0) is 14.8 Å². The molecule has 106 valence electrons. The van der Waals surface area contributed by atoms with Crippen LogP contribution in [-0.4, -0.2) is 43.5 Å². The lowest BCUT2D eigenvalue weighted by Crippen LogP contribution is -2.40. The SMILES string of the molecule is CCOc1ccc(S(=O)(=O)N(C)C(C)C(=O)O)cc1. The van der Waals surface area contributed by atoms with E-state index in [1.165, 1.54) is 38.2 Å². The van der Waals surface area contributed by atoms with Gasteiger partial charge in [-0.25, -0.2) is 8.42 Å². The van der Waals surface area contributed by atoms with E-state index in [0.29, 0.717) is 12.4 Å². The van der Waals surface area contributed by atoms with E-state index in [1.54, 1.807) is 0 Å². The van der Waals surface area contributed by atoms with Crippen molar-refractivity contribution >= 4 is 16.0 Å². The molecular formula is C12H17NO5S. The molecule has 0 radical (unpaired) electrons. The largest absolute Gasteiger partial charge is 0.494 e.